The highest BCUT2D eigenvalue weighted by atomic mass is 127. The fourth-order valence-electron chi connectivity index (χ4n) is 2.04. The third kappa shape index (κ3) is 5.25. The van der Waals surface area contributed by atoms with Crippen LogP contribution in [0.15, 0.2) is 29.5 Å². The summed E-state index contributed by atoms with van der Waals surface area (Å²) in [5, 5.41) is 6.39. The Labute approximate surface area is 139 Å². The first-order valence-corrected chi connectivity index (χ1v) is 6.70. The van der Waals surface area contributed by atoms with Crippen LogP contribution in [0.1, 0.15) is 32.1 Å². The van der Waals surface area contributed by atoms with E-state index in [4.69, 9.17) is 0 Å². The second-order valence-electron chi connectivity index (χ2n) is 4.51. The number of hydrogen-bond donors (Lipinski definition) is 2. The van der Waals surface area contributed by atoms with Gasteiger partial charge >= 0.3 is 6.55 Å². The number of nitrogens with zero attached hydrogens (tertiary/aromatic N) is 3. The van der Waals surface area contributed by atoms with E-state index in [1.807, 2.05) is 6.92 Å². The van der Waals surface area contributed by atoms with Crippen LogP contribution in [0.5, 0.6) is 0 Å². The highest BCUT2D eigenvalue weighted by Crippen LogP contribution is 2.13. The Morgan fingerprint density at radius 2 is 2.19 bits per heavy atom. The minimum absolute atomic E-state index is 0. The third-order valence-electron chi connectivity index (χ3n) is 3.03. The molecule has 118 valence electrons. The van der Waals surface area contributed by atoms with Gasteiger partial charge in [-0.2, -0.15) is 8.78 Å². The van der Waals surface area contributed by atoms with Gasteiger partial charge in [0.1, 0.15) is 12.4 Å². The van der Waals surface area contributed by atoms with Crippen LogP contribution in [-0.4, -0.2) is 28.1 Å². The van der Waals surface area contributed by atoms with Gasteiger partial charge < -0.3 is 10.6 Å². The molecule has 0 spiro atoms. The minimum atomic E-state index is -2.59. The van der Waals surface area contributed by atoms with Gasteiger partial charge in [0.2, 0.25) is 0 Å². The van der Waals surface area contributed by atoms with E-state index >= 15 is 0 Å². The first kappa shape index (κ1) is 17.9. The number of guanidine groups is 1. The molecule has 0 fully saturated rings. The normalized spacial score (nSPS) is 15.3. The molecule has 0 saturated heterocycles. The van der Waals surface area contributed by atoms with Crippen LogP contribution < -0.4 is 10.6 Å². The highest BCUT2D eigenvalue weighted by Gasteiger charge is 2.13. The van der Waals surface area contributed by atoms with Gasteiger partial charge in [-0.25, -0.2) is 9.98 Å². The summed E-state index contributed by atoms with van der Waals surface area (Å²) in [7, 11) is 0. The van der Waals surface area contributed by atoms with E-state index in [1.54, 1.807) is 0 Å². The van der Waals surface area contributed by atoms with Crippen molar-refractivity contribution in [3.63, 3.8) is 0 Å². The molecule has 5 nitrogen and oxygen atoms in total. The summed E-state index contributed by atoms with van der Waals surface area (Å²) in [6, 6.07) is 0.322. The van der Waals surface area contributed by atoms with Crippen molar-refractivity contribution in [3.8, 4) is 0 Å². The van der Waals surface area contributed by atoms with Crippen LogP contribution in [0, 0.1) is 0 Å². The lowest BCUT2D eigenvalue weighted by Gasteiger charge is -2.16. The molecule has 21 heavy (non-hydrogen) atoms. The second kappa shape index (κ2) is 8.96. The molecule has 0 unspecified atom stereocenters. The first-order valence-electron chi connectivity index (χ1n) is 6.70. The van der Waals surface area contributed by atoms with E-state index in [-0.39, 0.29) is 36.3 Å². The van der Waals surface area contributed by atoms with E-state index in [1.165, 1.54) is 12.4 Å². The van der Waals surface area contributed by atoms with Crippen molar-refractivity contribution in [2.75, 3.05) is 6.54 Å². The summed E-state index contributed by atoms with van der Waals surface area (Å²) in [5.41, 5.74) is 0. The third-order valence-corrected chi connectivity index (χ3v) is 3.03. The minimum Gasteiger partial charge on any atom is -0.357 e. The maximum Gasteiger partial charge on any atom is 0.319 e. The SMILES string of the molecule is CCNC(=NCc1nccn1C(F)F)NC1CC=CC1.I. The highest BCUT2D eigenvalue weighted by molar-refractivity contribution is 14.0. The average molecular weight is 411 g/mol. The molecule has 1 aliphatic carbocycles. The summed E-state index contributed by atoms with van der Waals surface area (Å²) in [4.78, 5) is 8.22. The maximum absolute atomic E-state index is 12.7. The number of nitrogens with one attached hydrogen (secondary N) is 2. The Kier molecular flexibility index (Phi) is 7.62. The molecule has 1 aromatic rings. The monoisotopic (exact) mass is 411 g/mol. The van der Waals surface area contributed by atoms with Crippen molar-refractivity contribution in [1.82, 2.24) is 20.2 Å². The smallest absolute Gasteiger partial charge is 0.319 e. The molecular formula is C13H20F2IN5. The Morgan fingerprint density at radius 1 is 1.48 bits per heavy atom. The molecule has 0 bridgehead atoms. The van der Waals surface area contributed by atoms with E-state index < -0.39 is 6.55 Å². The summed E-state index contributed by atoms with van der Waals surface area (Å²) in [6.07, 6.45) is 8.76. The van der Waals surface area contributed by atoms with Crippen molar-refractivity contribution in [3.05, 3.63) is 30.4 Å². The molecule has 1 aromatic heterocycles. The van der Waals surface area contributed by atoms with Gasteiger partial charge in [-0.1, -0.05) is 12.2 Å². The molecule has 0 saturated carbocycles. The fourth-order valence-corrected chi connectivity index (χ4v) is 2.04. The van der Waals surface area contributed by atoms with Crippen LogP contribution in [0.2, 0.25) is 0 Å². The fraction of sp³-hybridized carbons (Fsp3) is 0.538. The Balaban J connectivity index is 0.00000220. The van der Waals surface area contributed by atoms with E-state index in [9.17, 15) is 8.78 Å². The quantitative estimate of drug-likeness (QED) is 0.339. The van der Waals surface area contributed by atoms with Crippen LogP contribution in [0.25, 0.3) is 0 Å². The molecule has 0 atom stereocenters. The van der Waals surface area contributed by atoms with E-state index in [0.717, 1.165) is 24.0 Å². The number of halogens is 3. The number of aromatic nitrogens is 2. The second-order valence-corrected chi connectivity index (χ2v) is 4.51. The lowest BCUT2D eigenvalue weighted by atomic mass is 10.2. The number of hydrogen-bond acceptors (Lipinski definition) is 2. The first-order chi connectivity index (χ1) is 9.70. The summed E-state index contributed by atoms with van der Waals surface area (Å²) < 4.78 is 26.2. The Morgan fingerprint density at radius 3 is 2.81 bits per heavy atom. The van der Waals surface area contributed by atoms with Crippen molar-refractivity contribution in [2.45, 2.75) is 38.9 Å². The standard InChI is InChI=1S/C13H19F2N5.HI/c1-2-16-13(19-10-5-3-4-6-10)18-9-11-17-7-8-20(11)12(14)15;/h3-4,7-8,10,12H,2,5-6,9H2,1H3,(H2,16,18,19);1H. The lowest BCUT2D eigenvalue weighted by Crippen LogP contribution is -2.42. The van der Waals surface area contributed by atoms with Gasteiger partial charge in [0.05, 0.1) is 0 Å². The van der Waals surface area contributed by atoms with Crippen LogP contribution in [0.3, 0.4) is 0 Å². The molecule has 0 radical (unpaired) electrons. The van der Waals surface area contributed by atoms with Gasteiger partial charge in [-0.3, -0.25) is 4.57 Å². The van der Waals surface area contributed by atoms with Crippen molar-refractivity contribution >= 4 is 29.9 Å². The average Bonchev–Trinajstić information content (AvgIpc) is 3.07. The van der Waals surface area contributed by atoms with E-state index in [2.05, 4.69) is 32.8 Å². The molecular weight excluding hydrogens is 391 g/mol. The topological polar surface area (TPSA) is 54.2 Å². The lowest BCUT2D eigenvalue weighted by molar-refractivity contribution is 0.0671. The van der Waals surface area contributed by atoms with Crippen molar-refractivity contribution in [1.29, 1.82) is 0 Å². The molecule has 0 aliphatic heterocycles. The van der Waals surface area contributed by atoms with E-state index in [0.29, 0.717) is 12.0 Å². The zero-order valence-corrected chi connectivity index (χ0v) is 14.1. The van der Waals surface area contributed by atoms with Crippen molar-refractivity contribution in [2.24, 2.45) is 4.99 Å². The number of rotatable bonds is 5. The molecule has 0 aromatic carbocycles. The number of aliphatic imine (C=N–C) groups is 1. The van der Waals surface area contributed by atoms with Crippen LogP contribution in [0.4, 0.5) is 8.78 Å². The summed E-state index contributed by atoms with van der Waals surface area (Å²) in [6.45, 7) is 0.212. The van der Waals surface area contributed by atoms with Gasteiger partial charge in [0.25, 0.3) is 0 Å². The maximum atomic E-state index is 12.7. The zero-order valence-electron chi connectivity index (χ0n) is 11.8. The molecule has 1 heterocycles. The largest absolute Gasteiger partial charge is 0.357 e. The van der Waals surface area contributed by atoms with Crippen molar-refractivity contribution < 1.29 is 8.78 Å². The number of alkyl halides is 2. The number of imidazole rings is 1. The predicted octanol–water partition coefficient (Wildman–Crippen LogP) is 2.67. The Bertz CT molecular complexity index is 479. The van der Waals surface area contributed by atoms with Crippen LogP contribution >= 0.6 is 24.0 Å². The zero-order chi connectivity index (χ0) is 14.4. The molecule has 2 N–H and O–H groups in total. The van der Waals surface area contributed by atoms with Crippen LogP contribution in [-0.2, 0) is 6.54 Å². The molecule has 1 aliphatic rings. The van der Waals surface area contributed by atoms with Gasteiger partial charge in [0.15, 0.2) is 5.96 Å². The molecule has 0 amide bonds. The van der Waals surface area contributed by atoms with Gasteiger partial charge in [-0.05, 0) is 19.8 Å². The molecule has 2 rings (SSSR count). The van der Waals surface area contributed by atoms with Gasteiger partial charge in [-0.15, -0.1) is 24.0 Å². The predicted molar refractivity (Wildman–Crippen MR) is 89.0 cm³/mol. The summed E-state index contributed by atoms with van der Waals surface area (Å²) in [5.74, 6) is 0.881. The van der Waals surface area contributed by atoms with Gasteiger partial charge in [0, 0.05) is 25.0 Å². The molecule has 8 heteroatoms. The Hall–Kier alpha value is -1.19. The summed E-state index contributed by atoms with van der Waals surface area (Å²) >= 11 is 0.